The zero-order chi connectivity index (χ0) is 32.4. The summed E-state index contributed by atoms with van der Waals surface area (Å²) in [6.07, 6.45) is -1.35. The van der Waals surface area contributed by atoms with Gasteiger partial charge < -0.3 is 43.4 Å². The van der Waals surface area contributed by atoms with Gasteiger partial charge in [-0.1, -0.05) is 60.7 Å². The van der Waals surface area contributed by atoms with Crippen LogP contribution in [0.25, 0.3) is 0 Å². The zero-order valence-corrected chi connectivity index (χ0v) is 26.7. The number of alkyl carbamates (subject to hydrolysis) is 1. The maximum atomic E-state index is 14.1. The van der Waals surface area contributed by atoms with E-state index in [4.69, 9.17) is 33.2 Å². The second-order valence-corrected chi connectivity index (χ2v) is 9.87. The molecule has 1 N–H and O–H groups in total. The second kappa shape index (κ2) is 19.1. The van der Waals surface area contributed by atoms with Crippen molar-refractivity contribution in [3.05, 3.63) is 89.5 Å². The van der Waals surface area contributed by atoms with Crippen LogP contribution in [0.4, 0.5) is 4.79 Å². The van der Waals surface area contributed by atoms with E-state index in [9.17, 15) is 9.59 Å². The fraction of sp³-hybridized carbons (Fsp3) is 0.412. The molecule has 45 heavy (non-hydrogen) atoms. The minimum atomic E-state index is -0.707. The predicted octanol–water partition coefficient (Wildman–Crippen LogP) is 5.07. The summed E-state index contributed by atoms with van der Waals surface area (Å²) < 4.78 is 39.5. The van der Waals surface area contributed by atoms with E-state index in [1.807, 2.05) is 74.5 Å². The highest BCUT2D eigenvalue weighted by molar-refractivity contribution is 5.95. The van der Waals surface area contributed by atoms with Gasteiger partial charge in [0.2, 0.25) is 5.75 Å². The normalized spacial score (nSPS) is 11.5. The summed E-state index contributed by atoms with van der Waals surface area (Å²) in [5.41, 5.74) is 2.10. The molecule has 0 aliphatic heterocycles. The highest BCUT2D eigenvalue weighted by Gasteiger charge is 2.28. The smallest absolute Gasteiger partial charge is 0.407 e. The Balaban J connectivity index is 1.88. The van der Waals surface area contributed by atoms with Crippen LogP contribution in [0, 0.1) is 0 Å². The molecule has 3 rings (SSSR count). The van der Waals surface area contributed by atoms with Gasteiger partial charge in [0.05, 0.1) is 47.1 Å². The van der Waals surface area contributed by atoms with Gasteiger partial charge in [0.15, 0.2) is 17.8 Å². The molecule has 0 bridgehead atoms. The molecule has 0 radical (unpaired) electrons. The first-order valence-electron chi connectivity index (χ1n) is 14.8. The number of methoxy groups -OCH3 is 3. The molecule has 11 nitrogen and oxygen atoms in total. The van der Waals surface area contributed by atoms with Gasteiger partial charge in [0, 0.05) is 25.3 Å². The van der Waals surface area contributed by atoms with Gasteiger partial charge in [-0.15, -0.1) is 0 Å². The molecule has 2 amide bonds. The zero-order valence-electron chi connectivity index (χ0n) is 26.7. The van der Waals surface area contributed by atoms with E-state index in [0.29, 0.717) is 37.1 Å². The largest absolute Gasteiger partial charge is 0.493 e. The molecule has 0 saturated heterocycles. The third-order valence-electron chi connectivity index (χ3n) is 6.68. The van der Waals surface area contributed by atoms with E-state index in [0.717, 1.165) is 11.1 Å². The van der Waals surface area contributed by atoms with E-state index in [1.54, 1.807) is 17.0 Å². The molecule has 3 aromatic carbocycles. The Kier molecular flexibility index (Phi) is 15.0. The molecule has 11 heteroatoms. The Hall–Kier alpha value is -4.32. The van der Waals surface area contributed by atoms with Crippen LogP contribution in [0.1, 0.15) is 35.3 Å². The SMILES string of the molecule is CCOC(CN(C[C@H](COCc1ccccc1)NC(=O)OCc1ccccc1)C(=O)c1cc(OC)c(OC)c(OC)c1)OCC. The molecule has 0 spiro atoms. The van der Waals surface area contributed by atoms with Crippen molar-refractivity contribution < 1.29 is 42.7 Å². The molecular weight excluding hydrogens is 580 g/mol. The highest BCUT2D eigenvalue weighted by Crippen LogP contribution is 2.38. The lowest BCUT2D eigenvalue weighted by molar-refractivity contribution is -0.144. The highest BCUT2D eigenvalue weighted by atomic mass is 16.7. The van der Waals surface area contributed by atoms with Gasteiger partial charge in [-0.05, 0) is 37.1 Å². The van der Waals surface area contributed by atoms with Crippen molar-refractivity contribution in [1.29, 1.82) is 0 Å². The fourth-order valence-corrected chi connectivity index (χ4v) is 4.56. The molecule has 0 heterocycles. The van der Waals surface area contributed by atoms with Crippen LogP contribution in [-0.4, -0.2) is 83.5 Å². The number of benzene rings is 3. The Bertz CT molecular complexity index is 1280. The Labute approximate surface area is 265 Å². The van der Waals surface area contributed by atoms with Crippen molar-refractivity contribution in [2.45, 2.75) is 39.4 Å². The topological polar surface area (TPSA) is 114 Å². The molecule has 0 aromatic heterocycles. The summed E-state index contributed by atoms with van der Waals surface area (Å²) in [5.74, 6) is 0.652. The second-order valence-electron chi connectivity index (χ2n) is 9.87. The molecule has 1 atom stereocenters. The number of nitrogens with one attached hydrogen (secondary N) is 1. The van der Waals surface area contributed by atoms with Crippen LogP contribution in [0.5, 0.6) is 17.2 Å². The van der Waals surface area contributed by atoms with E-state index < -0.39 is 18.4 Å². The summed E-state index contributed by atoms with van der Waals surface area (Å²) in [4.78, 5) is 28.6. The van der Waals surface area contributed by atoms with E-state index in [1.165, 1.54) is 21.3 Å². The van der Waals surface area contributed by atoms with Crippen LogP contribution < -0.4 is 19.5 Å². The summed E-state index contributed by atoms with van der Waals surface area (Å²) in [5, 5.41) is 2.88. The first kappa shape index (κ1) is 35.2. The number of amides is 2. The minimum absolute atomic E-state index is 0.0569. The number of hydrogen-bond donors (Lipinski definition) is 1. The summed E-state index contributed by atoms with van der Waals surface area (Å²) in [6, 6.07) is 21.6. The molecule has 3 aromatic rings. The van der Waals surface area contributed by atoms with Crippen molar-refractivity contribution in [2.24, 2.45) is 0 Å². The van der Waals surface area contributed by atoms with E-state index >= 15 is 0 Å². The average Bonchev–Trinajstić information content (AvgIpc) is 3.07. The van der Waals surface area contributed by atoms with Crippen molar-refractivity contribution >= 4 is 12.0 Å². The molecule has 0 aliphatic carbocycles. The maximum Gasteiger partial charge on any atom is 0.407 e. The molecule has 0 saturated carbocycles. The van der Waals surface area contributed by atoms with Gasteiger partial charge >= 0.3 is 6.09 Å². The van der Waals surface area contributed by atoms with Gasteiger partial charge in [0.25, 0.3) is 5.91 Å². The maximum absolute atomic E-state index is 14.1. The average molecular weight is 625 g/mol. The molecule has 244 valence electrons. The van der Waals surface area contributed by atoms with Gasteiger partial charge in [-0.3, -0.25) is 4.79 Å². The fourth-order valence-electron chi connectivity index (χ4n) is 4.56. The van der Waals surface area contributed by atoms with Crippen LogP contribution in [0.3, 0.4) is 0 Å². The van der Waals surface area contributed by atoms with Gasteiger partial charge in [-0.25, -0.2) is 4.79 Å². The number of carbonyl (C=O) groups is 2. The molecule has 0 unspecified atom stereocenters. The van der Waals surface area contributed by atoms with Crippen LogP contribution in [-0.2, 0) is 32.2 Å². The van der Waals surface area contributed by atoms with Crippen molar-refractivity contribution in [1.82, 2.24) is 10.2 Å². The Morgan fingerprint density at radius 1 is 0.756 bits per heavy atom. The Morgan fingerprint density at radius 3 is 1.82 bits per heavy atom. The van der Waals surface area contributed by atoms with Gasteiger partial charge in [-0.2, -0.15) is 0 Å². The van der Waals surface area contributed by atoms with Crippen molar-refractivity contribution in [3.63, 3.8) is 0 Å². The van der Waals surface area contributed by atoms with E-state index in [-0.39, 0.29) is 37.8 Å². The summed E-state index contributed by atoms with van der Waals surface area (Å²) in [7, 11) is 4.45. The summed E-state index contributed by atoms with van der Waals surface area (Å²) in [6.45, 7) is 5.10. The number of carbonyl (C=O) groups excluding carboxylic acids is 2. The number of rotatable bonds is 19. The van der Waals surface area contributed by atoms with Crippen LogP contribution >= 0.6 is 0 Å². The number of hydrogen-bond acceptors (Lipinski definition) is 9. The van der Waals surface area contributed by atoms with Crippen molar-refractivity contribution in [3.8, 4) is 17.2 Å². The Morgan fingerprint density at radius 2 is 1.31 bits per heavy atom. The van der Waals surface area contributed by atoms with Crippen LogP contribution in [0.15, 0.2) is 72.8 Å². The van der Waals surface area contributed by atoms with Crippen LogP contribution in [0.2, 0.25) is 0 Å². The lowest BCUT2D eigenvalue weighted by Crippen LogP contribution is -2.50. The quantitative estimate of drug-likeness (QED) is 0.183. The summed E-state index contributed by atoms with van der Waals surface area (Å²) >= 11 is 0. The lowest BCUT2D eigenvalue weighted by Gasteiger charge is -2.31. The number of nitrogens with zero attached hydrogens (tertiary/aromatic N) is 1. The standard InChI is InChI=1S/C34H44N2O9/c1-6-43-31(44-7-2)21-36(33(37)27-18-29(39-3)32(41-5)30(19-27)40-4)20-28(24-42-22-25-14-10-8-11-15-25)35-34(38)45-23-26-16-12-9-13-17-26/h8-19,28,31H,6-7,20-24H2,1-5H3,(H,35,38)/t28-/m1/s1. The number of ether oxygens (including phenoxy) is 7. The monoisotopic (exact) mass is 624 g/mol. The third-order valence-corrected chi connectivity index (χ3v) is 6.68. The van der Waals surface area contributed by atoms with Crippen molar-refractivity contribution in [2.75, 3.05) is 54.2 Å². The lowest BCUT2D eigenvalue weighted by atomic mass is 10.1. The molecular formula is C34H44N2O9. The first-order chi connectivity index (χ1) is 21.9. The van der Waals surface area contributed by atoms with Gasteiger partial charge in [0.1, 0.15) is 6.61 Å². The minimum Gasteiger partial charge on any atom is -0.493 e. The molecule has 0 fully saturated rings. The predicted molar refractivity (Wildman–Crippen MR) is 169 cm³/mol. The molecule has 0 aliphatic rings. The van der Waals surface area contributed by atoms with E-state index in [2.05, 4.69) is 5.32 Å². The first-order valence-corrected chi connectivity index (χ1v) is 14.8. The third kappa shape index (κ3) is 11.3.